The van der Waals surface area contributed by atoms with Gasteiger partial charge >= 0.3 is 0 Å². The summed E-state index contributed by atoms with van der Waals surface area (Å²) >= 11 is 1.26. The largest absolute Gasteiger partial charge is 0.496 e. The number of thioether (sulfide) groups is 1. The van der Waals surface area contributed by atoms with Crippen LogP contribution in [0.4, 0.5) is 5.69 Å². The fourth-order valence-electron chi connectivity index (χ4n) is 2.81. The fraction of sp³-hybridized carbons (Fsp3) is 0.353. The molecular weight excluding hydrogens is 314 g/mol. The topological polar surface area (TPSA) is 63.7 Å². The molecule has 1 aromatic rings. The lowest BCUT2D eigenvalue weighted by atomic mass is 10.1. The molecule has 6 heteroatoms. The van der Waals surface area contributed by atoms with Crippen molar-refractivity contribution in [1.82, 2.24) is 0 Å². The summed E-state index contributed by atoms with van der Waals surface area (Å²) in [5.74, 6) is -0.211. The lowest BCUT2D eigenvalue weighted by Crippen LogP contribution is -2.31. The summed E-state index contributed by atoms with van der Waals surface area (Å²) in [7, 11) is 0. The second-order valence-electron chi connectivity index (χ2n) is 5.54. The predicted molar refractivity (Wildman–Crippen MR) is 88.5 cm³/mol. The monoisotopic (exact) mass is 331 g/mol. The molecule has 1 aromatic carbocycles. The lowest BCUT2D eigenvalue weighted by Gasteiger charge is -2.17. The van der Waals surface area contributed by atoms with Crippen molar-refractivity contribution in [3.63, 3.8) is 0 Å². The van der Waals surface area contributed by atoms with Crippen LogP contribution < -0.4 is 4.90 Å². The minimum absolute atomic E-state index is 0.0400. The van der Waals surface area contributed by atoms with E-state index in [-0.39, 0.29) is 10.4 Å². The van der Waals surface area contributed by atoms with Gasteiger partial charge in [0, 0.05) is 12.1 Å². The van der Waals surface area contributed by atoms with Gasteiger partial charge in [-0.1, -0.05) is 23.9 Å². The van der Waals surface area contributed by atoms with Gasteiger partial charge in [0.15, 0.2) is 0 Å². The average molecular weight is 331 g/mol. The molecule has 120 valence electrons. The van der Waals surface area contributed by atoms with Crippen LogP contribution in [-0.4, -0.2) is 35.2 Å². The van der Waals surface area contributed by atoms with E-state index in [4.69, 9.17) is 4.74 Å². The molecule has 0 spiro atoms. The third kappa shape index (κ3) is 2.79. The molecule has 0 fully saturated rings. The van der Waals surface area contributed by atoms with Gasteiger partial charge in [-0.2, -0.15) is 0 Å². The van der Waals surface area contributed by atoms with Crippen LogP contribution in [0.1, 0.15) is 30.6 Å². The van der Waals surface area contributed by atoms with Crippen molar-refractivity contribution in [2.45, 2.75) is 25.5 Å². The molecule has 2 aliphatic rings. The third-order valence-corrected chi connectivity index (χ3v) is 5.08. The number of carbonyl (C=O) groups is 3. The lowest BCUT2D eigenvalue weighted by molar-refractivity contribution is -0.114. The summed E-state index contributed by atoms with van der Waals surface area (Å²) in [6.07, 6.45) is 0.593. The second-order valence-corrected chi connectivity index (χ2v) is 6.86. The highest BCUT2D eigenvalue weighted by Gasteiger charge is 2.35. The average Bonchev–Trinajstić information content (AvgIpc) is 2.93. The molecule has 0 aliphatic carbocycles. The van der Waals surface area contributed by atoms with Crippen LogP contribution >= 0.6 is 11.8 Å². The molecule has 1 unspecified atom stereocenters. The van der Waals surface area contributed by atoms with Gasteiger partial charge in [0.05, 0.1) is 23.1 Å². The molecule has 5 nitrogen and oxygen atoms in total. The van der Waals surface area contributed by atoms with E-state index in [1.54, 1.807) is 25.1 Å². The van der Waals surface area contributed by atoms with E-state index in [0.29, 0.717) is 36.4 Å². The summed E-state index contributed by atoms with van der Waals surface area (Å²) in [4.78, 5) is 37.0. The smallest absolute Gasteiger partial charge is 0.299 e. The van der Waals surface area contributed by atoms with E-state index >= 15 is 0 Å². The Balaban J connectivity index is 1.59. The standard InChI is InChI=1S/C17H17NO4S/c1-10-15(11(2)23-17(10)21)22-9-5-8-18-13-7-4-3-6-12(13)14(19)16(18)20/h3-4,6-7,11H,5,8-9H2,1-2H3. The molecule has 3 rings (SSSR count). The molecule has 23 heavy (non-hydrogen) atoms. The molecule has 1 atom stereocenters. The Morgan fingerprint density at radius 2 is 1.96 bits per heavy atom. The van der Waals surface area contributed by atoms with Gasteiger partial charge in [0.25, 0.3) is 11.7 Å². The number of hydrogen-bond donors (Lipinski definition) is 0. The zero-order valence-corrected chi connectivity index (χ0v) is 13.8. The summed E-state index contributed by atoms with van der Waals surface area (Å²) in [5.41, 5.74) is 1.79. The summed E-state index contributed by atoms with van der Waals surface area (Å²) in [6.45, 7) is 4.54. The first kappa shape index (κ1) is 15.8. The number of para-hydroxylation sites is 1. The molecule has 0 N–H and O–H groups in total. The summed E-state index contributed by atoms with van der Waals surface area (Å²) in [6, 6.07) is 7.01. The van der Waals surface area contributed by atoms with Gasteiger partial charge in [0.2, 0.25) is 5.12 Å². The van der Waals surface area contributed by atoms with Crippen molar-refractivity contribution in [2.75, 3.05) is 18.1 Å². The number of anilines is 1. The van der Waals surface area contributed by atoms with Crippen molar-refractivity contribution < 1.29 is 19.1 Å². The van der Waals surface area contributed by atoms with Gasteiger partial charge in [-0.05, 0) is 32.4 Å². The van der Waals surface area contributed by atoms with Crippen LogP contribution in [0.15, 0.2) is 35.6 Å². The zero-order chi connectivity index (χ0) is 16.6. The van der Waals surface area contributed by atoms with E-state index in [1.807, 2.05) is 13.0 Å². The van der Waals surface area contributed by atoms with Crippen LogP contribution in [0.5, 0.6) is 0 Å². The Bertz CT molecular complexity index is 725. The zero-order valence-electron chi connectivity index (χ0n) is 13.0. The Hall–Kier alpha value is -2.08. The summed E-state index contributed by atoms with van der Waals surface area (Å²) < 4.78 is 5.72. The van der Waals surface area contributed by atoms with Gasteiger partial charge in [-0.15, -0.1) is 0 Å². The van der Waals surface area contributed by atoms with Crippen LogP contribution in [0.3, 0.4) is 0 Å². The molecule has 0 bridgehead atoms. The van der Waals surface area contributed by atoms with Gasteiger partial charge < -0.3 is 9.64 Å². The van der Waals surface area contributed by atoms with Crippen LogP contribution in [0.25, 0.3) is 0 Å². The second kappa shape index (κ2) is 6.20. The van der Waals surface area contributed by atoms with E-state index in [2.05, 4.69) is 0 Å². The molecule has 2 heterocycles. The maximum absolute atomic E-state index is 12.0. The molecule has 0 radical (unpaired) electrons. The quantitative estimate of drug-likeness (QED) is 0.613. The van der Waals surface area contributed by atoms with Crippen molar-refractivity contribution in [3.05, 3.63) is 41.2 Å². The highest BCUT2D eigenvalue weighted by molar-refractivity contribution is 8.15. The first-order valence-electron chi connectivity index (χ1n) is 7.50. The minimum Gasteiger partial charge on any atom is -0.496 e. The fourth-order valence-corrected chi connectivity index (χ4v) is 3.76. The number of Topliss-reactive ketones (excluding diaryl/α,β-unsaturated/α-hetero) is 1. The van der Waals surface area contributed by atoms with E-state index < -0.39 is 11.7 Å². The Morgan fingerprint density at radius 1 is 1.22 bits per heavy atom. The molecule has 2 aliphatic heterocycles. The van der Waals surface area contributed by atoms with Crippen LogP contribution in [0.2, 0.25) is 0 Å². The number of rotatable bonds is 5. The number of amides is 1. The van der Waals surface area contributed by atoms with Gasteiger partial charge in [-0.3, -0.25) is 14.4 Å². The number of ketones is 1. The maximum Gasteiger partial charge on any atom is 0.299 e. The van der Waals surface area contributed by atoms with E-state index in [9.17, 15) is 14.4 Å². The van der Waals surface area contributed by atoms with Gasteiger partial charge in [-0.25, -0.2) is 0 Å². The molecular formula is C17H17NO4S. The SMILES string of the molecule is CC1=C(OCCCN2C(=O)C(=O)c3ccccc32)C(C)SC1=O. The Labute approximate surface area is 138 Å². The maximum atomic E-state index is 12.0. The highest BCUT2D eigenvalue weighted by Crippen LogP contribution is 2.34. The van der Waals surface area contributed by atoms with Crippen molar-refractivity contribution >= 4 is 34.3 Å². The van der Waals surface area contributed by atoms with Gasteiger partial charge in [0.1, 0.15) is 5.76 Å². The normalized spacial score (nSPS) is 20.5. The first-order valence-corrected chi connectivity index (χ1v) is 8.38. The molecule has 0 saturated carbocycles. The number of carbonyl (C=O) groups excluding carboxylic acids is 3. The Morgan fingerprint density at radius 3 is 2.65 bits per heavy atom. The van der Waals surface area contributed by atoms with Crippen LogP contribution in [0, 0.1) is 0 Å². The third-order valence-electron chi connectivity index (χ3n) is 3.99. The number of ether oxygens (including phenoxy) is 1. The minimum atomic E-state index is -0.485. The highest BCUT2D eigenvalue weighted by atomic mass is 32.2. The van der Waals surface area contributed by atoms with E-state index in [0.717, 1.165) is 5.76 Å². The molecule has 0 saturated heterocycles. The van der Waals surface area contributed by atoms with Crippen molar-refractivity contribution in [3.8, 4) is 0 Å². The summed E-state index contributed by atoms with van der Waals surface area (Å²) in [5, 5.41) is 0.0972. The van der Waals surface area contributed by atoms with Crippen molar-refractivity contribution in [1.29, 1.82) is 0 Å². The van der Waals surface area contributed by atoms with E-state index in [1.165, 1.54) is 16.7 Å². The molecule has 1 amide bonds. The first-order chi connectivity index (χ1) is 11.0. The Kier molecular flexibility index (Phi) is 4.26. The number of nitrogens with zero attached hydrogens (tertiary/aromatic N) is 1. The number of benzene rings is 1. The predicted octanol–water partition coefficient (Wildman–Crippen LogP) is 2.56. The number of fused-ring (bicyclic) bond motifs is 1. The van der Waals surface area contributed by atoms with Crippen LogP contribution in [-0.2, 0) is 14.3 Å². The molecule has 0 aromatic heterocycles. The number of hydrogen-bond acceptors (Lipinski definition) is 5. The van der Waals surface area contributed by atoms with Crippen molar-refractivity contribution in [2.24, 2.45) is 0 Å².